The standard InChI is InChI=1S/C14H29NO3/c1-2-3-4-9-16-10-11-17-12-13-18-14-5-7-15-8-6-14/h14-15H,2-13H2,1H3. The normalized spacial score (nSPS) is 17.2. The first-order valence-corrected chi connectivity index (χ1v) is 7.41. The maximum atomic E-state index is 5.74. The van der Waals surface area contributed by atoms with Gasteiger partial charge < -0.3 is 19.5 Å². The van der Waals surface area contributed by atoms with Crippen LogP contribution in [0.5, 0.6) is 0 Å². The second kappa shape index (κ2) is 11.9. The van der Waals surface area contributed by atoms with Gasteiger partial charge in [-0.2, -0.15) is 0 Å². The SMILES string of the molecule is CCCCCOCCOCCOC1CCNCC1. The summed E-state index contributed by atoms with van der Waals surface area (Å²) >= 11 is 0. The Hall–Kier alpha value is -0.160. The lowest BCUT2D eigenvalue weighted by Gasteiger charge is -2.22. The lowest BCUT2D eigenvalue weighted by molar-refractivity contribution is -0.0199. The molecule has 0 radical (unpaired) electrons. The highest BCUT2D eigenvalue weighted by Crippen LogP contribution is 2.06. The number of unbranched alkanes of at least 4 members (excludes halogenated alkanes) is 2. The van der Waals surface area contributed by atoms with E-state index in [1.807, 2.05) is 0 Å². The third kappa shape index (κ3) is 8.86. The van der Waals surface area contributed by atoms with Gasteiger partial charge in [0.25, 0.3) is 0 Å². The van der Waals surface area contributed by atoms with Gasteiger partial charge in [0.2, 0.25) is 0 Å². The quantitative estimate of drug-likeness (QED) is 0.576. The first-order chi connectivity index (χ1) is 8.93. The molecule has 0 aromatic rings. The molecule has 0 atom stereocenters. The van der Waals surface area contributed by atoms with Crippen LogP contribution >= 0.6 is 0 Å². The summed E-state index contributed by atoms with van der Waals surface area (Å²) in [5, 5.41) is 3.33. The molecule has 18 heavy (non-hydrogen) atoms. The molecule has 4 nitrogen and oxygen atoms in total. The average Bonchev–Trinajstić information content (AvgIpc) is 2.42. The first-order valence-electron chi connectivity index (χ1n) is 7.41. The molecule has 0 bridgehead atoms. The minimum atomic E-state index is 0.431. The zero-order chi connectivity index (χ0) is 12.9. The molecule has 1 rings (SSSR count). The zero-order valence-corrected chi connectivity index (χ0v) is 11.8. The smallest absolute Gasteiger partial charge is 0.0704 e. The van der Waals surface area contributed by atoms with E-state index in [1.165, 1.54) is 12.8 Å². The van der Waals surface area contributed by atoms with Gasteiger partial charge in [0.1, 0.15) is 0 Å². The highest BCUT2D eigenvalue weighted by atomic mass is 16.5. The average molecular weight is 259 g/mol. The second-order valence-electron chi connectivity index (χ2n) is 4.75. The van der Waals surface area contributed by atoms with Crippen LogP contribution in [0.3, 0.4) is 0 Å². The molecule has 0 unspecified atom stereocenters. The highest BCUT2D eigenvalue weighted by Gasteiger charge is 2.12. The van der Waals surface area contributed by atoms with E-state index in [0.717, 1.165) is 39.0 Å². The van der Waals surface area contributed by atoms with Crippen LogP contribution in [-0.4, -0.2) is 52.2 Å². The number of piperidine rings is 1. The maximum Gasteiger partial charge on any atom is 0.0704 e. The molecule has 0 aliphatic carbocycles. The second-order valence-corrected chi connectivity index (χ2v) is 4.75. The number of ether oxygens (including phenoxy) is 3. The Bertz CT molecular complexity index is 172. The Morgan fingerprint density at radius 1 is 0.889 bits per heavy atom. The topological polar surface area (TPSA) is 39.7 Å². The molecule has 0 aromatic carbocycles. The fraction of sp³-hybridized carbons (Fsp3) is 1.00. The molecule has 1 aliphatic rings. The van der Waals surface area contributed by atoms with Crippen LogP contribution in [0.1, 0.15) is 39.0 Å². The molecule has 1 heterocycles. The fourth-order valence-electron chi connectivity index (χ4n) is 2.01. The Balaban J connectivity index is 1.73. The molecular formula is C14H29NO3. The molecule has 0 amide bonds. The summed E-state index contributed by atoms with van der Waals surface area (Å²) in [6, 6.07) is 0. The fourth-order valence-corrected chi connectivity index (χ4v) is 2.01. The summed E-state index contributed by atoms with van der Waals surface area (Å²) in [6.07, 6.45) is 6.34. The van der Waals surface area contributed by atoms with Crippen molar-refractivity contribution in [1.82, 2.24) is 5.32 Å². The molecule has 1 saturated heterocycles. The van der Waals surface area contributed by atoms with Crippen LogP contribution in [-0.2, 0) is 14.2 Å². The lowest BCUT2D eigenvalue weighted by Crippen LogP contribution is -2.33. The number of hydrogen-bond donors (Lipinski definition) is 1. The molecule has 0 saturated carbocycles. The van der Waals surface area contributed by atoms with Crippen molar-refractivity contribution in [2.45, 2.75) is 45.1 Å². The van der Waals surface area contributed by atoms with E-state index in [2.05, 4.69) is 12.2 Å². The number of rotatable bonds is 11. The van der Waals surface area contributed by atoms with Crippen LogP contribution in [0.4, 0.5) is 0 Å². The van der Waals surface area contributed by atoms with E-state index < -0.39 is 0 Å². The lowest BCUT2D eigenvalue weighted by atomic mass is 10.1. The van der Waals surface area contributed by atoms with Crippen LogP contribution in [0.25, 0.3) is 0 Å². The van der Waals surface area contributed by atoms with Gasteiger partial charge in [-0.1, -0.05) is 19.8 Å². The Labute approximate surface area is 111 Å². The van der Waals surface area contributed by atoms with E-state index in [-0.39, 0.29) is 0 Å². The molecule has 0 aromatic heterocycles. The third-order valence-electron chi connectivity index (χ3n) is 3.13. The van der Waals surface area contributed by atoms with E-state index in [0.29, 0.717) is 32.5 Å². The van der Waals surface area contributed by atoms with Crippen molar-refractivity contribution in [3.63, 3.8) is 0 Å². The third-order valence-corrected chi connectivity index (χ3v) is 3.13. The summed E-state index contributed by atoms with van der Waals surface area (Å²) in [6.45, 7) is 8.00. The largest absolute Gasteiger partial charge is 0.379 e. The number of nitrogens with one attached hydrogen (secondary N) is 1. The minimum Gasteiger partial charge on any atom is -0.379 e. The molecular weight excluding hydrogens is 230 g/mol. The molecule has 108 valence electrons. The van der Waals surface area contributed by atoms with E-state index in [1.54, 1.807) is 0 Å². The van der Waals surface area contributed by atoms with Crippen LogP contribution in [0.2, 0.25) is 0 Å². The molecule has 1 aliphatic heterocycles. The van der Waals surface area contributed by atoms with Crippen LogP contribution < -0.4 is 5.32 Å². The van der Waals surface area contributed by atoms with Gasteiger partial charge in [0, 0.05) is 6.61 Å². The van der Waals surface area contributed by atoms with Gasteiger partial charge in [0.15, 0.2) is 0 Å². The Morgan fingerprint density at radius 3 is 2.28 bits per heavy atom. The predicted octanol–water partition coefficient (Wildman–Crippen LogP) is 1.98. The summed E-state index contributed by atoms with van der Waals surface area (Å²) < 4.78 is 16.7. The van der Waals surface area contributed by atoms with E-state index in [9.17, 15) is 0 Å². The van der Waals surface area contributed by atoms with Crippen molar-refractivity contribution >= 4 is 0 Å². The van der Waals surface area contributed by atoms with Gasteiger partial charge in [-0.25, -0.2) is 0 Å². The van der Waals surface area contributed by atoms with Gasteiger partial charge in [-0.15, -0.1) is 0 Å². The van der Waals surface area contributed by atoms with Gasteiger partial charge in [-0.3, -0.25) is 0 Å². The summed E-state index contributed by atoms with van der Waals surface area (Å²) in [5.41, 5.74) is 0. The highest BCUT2D eigenvalue weighted by molar-refractivity contribution is 4.67. The Kier molecular flexibility index (Phi) is 10.5. The van der Waals surface area contributed by atoms with Crippen molar-refractivity contribution < 1.29 is 14.2 Å². The van der Waals surface area contributed by atoms with Gasteiger partial charge >= 0.3 is 0 Å². The Morgan fingerprint density at radius 2 is 1.56 bits per heavy atom. The predicted molar refractivity (Wildman–Crippen MR) is 73.0 cm³/mol. The van der Waals surface area contributed by atoms with Crippen LogP contribution in [0.15, 0.2) is 0 Å². The summed E-state index contributed by atoms with van der Waals surface area (Å²) in [7, 11) is 0. The van der Waals surface area contributed by atoms with Crippen molar-refractivity contribution in [3.8, 4) is 0 Å². The molecule has 4 heteroatoms. The van der Waals surface area contributed by atoms with Crippen molar-refractivity contribution in [1.29, 1.82) is 0 Å². The molecule has 1 fully saturated rings. The maximum absolute atomic E-state index is 5.74. The van der Waals surface area contributed by atoms with Gasteiger partial charge in [0.05, 0.1) is 32.5 Å². The van der Waals surface area contributed by atoms with E-state index in [4.69, 9.17) is 14.2 Å². The first kappa shape index (κ1) is 15.9. The van der Waals surface area contributed by atoms with Crippen molar-refractivity contribution in [2.75, 3.05) is 46.1 Å². The summed E-state index contributed by atoms with van der Waals surface area (Å²) in [5.74, 6) is 0. The van der Waals surface area contributed by atoms with Crippen LogP contribution in [0, 0.1) is 0 Å². The van der Waals surface area contributed by atoms with Gasteiger partial charge in [-0.05, 0) is 32.4 Å². The number of hydrogen-bond acceptors (Lipinski definition) is 4. The molecule has 1 N–H and O–H groups in total. The van der Waals surface area contributed by atoms with Crippen molar-refractivity contribution in [2.24, 2.45) is 0 Å². The minimum absolute atomic E-state index is 0.431. The van der Waals surface area contributed by atoms with E-state index >= 15 is 0 Å². The molecule has 0 spiro atoms. The zero-order valence-electron chi connectivity index (χ0n) is 11.8. The van der Waals surface area contributed by atoms with Crippen molar-refractivity contribution in [3.05, 3.63) is 0 Å². The monoisotopic (exact) mass is 259 g/mol. The summed E-state index contributed by atoms with van der Waals surface area (Å²) in [4.78, 5) is 0.